The van der Waals surface area contributed by atoms with Crippen LogP contribution in [0.25, 0.3) is 0 Å². The van der Waals surface area contributed by atoms with Crippen LogP contribution in [0.15, 0.2) is 30.3 Å². The fourth-order valence-electron chi connectivity index (χ4n) is 1.23. The summed E-state index contributed by atoms with van der Waals surface area (Å²) in [6, 6.07) is 8.66. The summed E-state index contributed by atoms with van der Waals surface area (Å²) >= 11 is 0. The van der Waals surface area contributed by atoms with E-state index in [9.17, 15) is 9.59 Å². The van der Waals surface area contributed by atoms with Crippen molar-refractivity contribution in [3.63, 3.8) is 0 Å². The SMILES string of the molecule is CC(NC(=O)C#Cc1ccccc1)C(C)C(=O)O. The quantitative estimate of drug-likeness (QED) is 0.788. The zero-order valence-electron chi connectivity index (χ0n) is 10.3. The Morgan fingerprint density at radius 1 is 1.22 bits per heavy atom. The second-order valence-electron chi connectivity index (χ2n) is 4.01. The number of carbonyl (C=O) groups excluding carboxylic acids is 1. The second kappa shape index (κ2) is 6.45. The Labute approximate surface area is 106 Å². The predicted molar refractivity (Wildman–Crippen MR) is 67.7 cm³/mol. The topological polar surface area (TPSA) is 66.4 Å². The van der Waals surface area contributed by atoms with Crippen LogP contribution in [0.2, 0.25) is 0 Å². The van der Waals surface area contributed by atoms with Crippen molar-refractivity contribution in [1.29, 1.82) is 0 Å². The number of nitrogens with one attached hydrogen (secondary N) is 1. The van der Waals surface area contributed by atoms with E-state index in [1.54, 1.807) is 19.1 Å². The second-order valence-corrected chi connectivity index (χ2v) is 4.01. The fourth-order valence-corrected chi connectivity index (χ4v) is 1.23. The number of rotatable bonds is 3. The summed E-state index contributed by atoms with van der Waals surface area (Å²) in [5.74, 6) is 3.08. The van der Waals surface area contributed by atoms with Crippen LogP contribution >= 0.6 is 0 Å². The molecule has 4 heteroatoms. The number of carboxylic acids is 1. The summed E-state index contributed by atoms with van der Waals surface area (Å²) in [6.07, 6.45) is 0. The highest BCUT2D eigenvalue weighted by Crippen LogP contribution is 2.01. The molecule has 18 heavy (non-hydrogen) atoms. The maximum atomic E-state index is 11.5. The highest BCUT2D eigenvalue weighted by Gasteiger charge is 2.20. The van der Waals surface area contributed by atoms with Gasteiger partial charge in [-0.25, -0.2) is 0 Å². The summed E-state index contributed by atoms with van der Waals surface area (Å²) < 4.78 is 0. The molecule has 94 valence electrons. The number of aliphatic carboxylic acids is 1. The lowest BCUT2D eigenvalue weighted by atomic mass is 10.0. The zero-order valence-corrected chi connectivity index (χ0v) is 10.3. The van der Waals surface area contributed by atoms with Gasteiger partial charge in [-0.15, -0.1) is 0 Å². The van der Waals surface area contributed by atoms with Crippen LogP contribution in [0.1, 0.15) is 19.4 Å². The lowest BCUT2D eigenvalue weighted by Crippen LogP contribution is -2.39. The molecule has 0 aromatic heterocycles. The molecule has 1 amide bonds. The van der Waals surface area contributed by atoms with Gasteiger partial charge in [0.2, 0.25) is 0 Å². The molecule has 2 N–H and O–H groups in total. The number of carboxylic acid groups (broad SMARTS) is 1. The van der Waals surface area contributed by atoms with Crippen molar-refractivity contribution in [2.24, 2.45) is 5.92 Å². The van der Waals surface area contributed by atoms with Gasteiger partial charge in [-0.1, -0.05) is 24.1 Å². The average Bonchev–Trinajstić information content (AvgIpc) is 2.36. The number of carbonyl (C=O) groups is 2. The first-order chi connectivity index (χ1) is 8.50. The Kier molecular flexibility index (Phi) is 4.94. The predicted octanol–water partition coefficient (Wildman–Crippen LogP) is 1.26. The highest BCUT2D eigenvalue weighted by atomic mass is 16.4. The number of benzene rings is 1. The summed E-state index contributed by atoms with van der Waals surface area (Å²) in [5.41, 5.74) is 0.742. The van der Waals surface area contributed by atoms with Gasteiger partial charge in [0.05, 0.1) is 5.92 Å². The molecule has 0 saturated heterocycles. The summed E-state index contributed by atoms with van der Waals surface area (Å²) in [7, 11) is 0. The highest BCUT2D eigenvalue weighted by molar-refractivity contribution is 5.94. The van der Waals surface area contributed by atoms with Gasteiger partial charge in [0.15, 0.2) is 0 Å². The van der Waals surface area contributed by atoms with Crippen LogP contribution in [-0.4, -0.2) is 23.0 Å². The first-order valence-corrected chi connectivity index (χ1v) is 5.61. The molecule has 0 aliphatic rings. The lowest BCUT2D eigenvalue weighted by Gasteiger charge is -2.15. The van der Waals surface area contributed by atoms with E-state index in [1.165, 1.54) is 6.92 Å². The zero-order chi connectivity index (χ0) is 13.5. The van der Waals surface area contributed by atoms with Crippen LogP contribution in [0.3, 0.4) is 0 Å². The number of hydrogen-bond donors (Lipinski definition) is 2. The summed E-state index contributed by atoms with van der Waals surface area (Å²) in [4.78, 5) is 22.2. The normalized spacial score (nSPS) is 12.8. The molecule has 0 fully saturated rings. The van der Waals surface area contributed by atoms with E-state index in [4.69, 9.17) is 5.11 Å². The van der Waals surface area contributed by atoms with E-state index in [-0.39, 0.29) is 0 Å². The smallest absolute Gasteiger partial charge is 0.308 e. The molecular weight excluding hydrogens is 230 g/mol. The molecule has 0 heterocycles. The molecule has 4 nitrogen and oxygen atoms in total. The Morgan fingerprint density at radius 3 is 2.39 bits per heavy atom. The Bertz CT molecular complexity index is 485. The molecular formula is C14H15NO3. The number of amides is 1. The first-order valence-electron chi connectivity index (χ1n) is 5.61. The van der Waals surface area contributed by atoms with E-state index in [0.717, 1.165) is 5.56 Å². The van der Waals surface area contributed by atoms with Crippen LogP contribution < -0.4 is 5.32 Å². The molecule has 2 unspecified atom stereocenters. The van der Waals surface area contributed by atoms with E-state index in [2.05, 4.69) is 17.2 Å². The summed E-state index contributed by atoms with van der Waals surface area (Å²) in [6.45, 7) is 3.18. The Hall–Kier alpha value is -2.28. The Morgan fingerprint density at radius 2 is 1.83 bits per heavy atom. The van der Waals surface area contributed by atoms with Crippen molar-refractivity contribution >= 4 is 11.9 Å². The maximum Gasteiger partial charge on any atom is 0.308 e. The standard InChI is InChI=1S/C14H15NO3/c1-10(14(17)18)11(2)15-13(16)9-8-12-6-4-3-5-7-12/h3-7,10-11H,1-2H3,(H,15,16)(H,17,18). The van der Waals surface area contributed by atoms with Crippen molar-refractivity contribution in [3.8, 4) is 11.8 Å². The summed E-state index contributed by atoms with van der Waals surface area (Å²) in [5, 5.41) is 11.3. The molecule has 1 aromatic carbocycles. The molecule has 0 spiro atoms. The molecule has 2 atom stereocenters. The van der Waals surface area contributed by atoms with Crippen LogP contribution in [0.4, 0.5) is 0 Å². The van der Waals surface area contributed by atoms with E-state index < -0.39 is 23.8 Å². The van der Waals surface area contributed by atoms with Crippen molar-refractivity contribution in [1.82, 2.24) is 5.32 Å². The van der Waals surface area contributed by atoms with Crippen molar-refractivity contribution in [3.05, 3.63) is 35.9 Å². The third kappa shape index (κ3) is 4.30. The lowest BCUT2D eigenvalue weighted by molar-refractivity contribution is -0.142. The molecule has 0 aliphatic heterocycles. The maximum absolute atomic E-state index is 11.5. The van der Waals surface area contributed by atoms with Crippen molar-refractivity contribution in [2.75, 3.05) is 0 Å². The van der Waals surface area contributed by atoms with Crippen molar-refractivity contribution < 1.29 is 14.7 Å². The molecule has 0 aliphatic carbocycles. The largest absolute Gasteiger partial charge is 0.481 e. The van der Waals surface area contributed by atoms with Gasteiger partial charge in [-0.05, 0) is 26.0 Å². The number of hydrogen-bond acceptors (Lipinski definition) is 2. The van der Waals surface area contributed by atoms with E-state index >= 15 is 0 Å². The van der Waals surface area contributed by atoms with Gasteiger partial charge in [0, 0.05) is 17.5 Å². The molecule has 0 bridgehead atoms. The van der Waals surface area contributed by atoms with Gasteiger partial charge in [-0.2, -0.15) is 0 Å². The molecule has 0 saturated carbocycles. The first kappa shape index (κ1) is 13.8. The van der Waals surface area contributed by atoms with Crippen molar-refractivity contribution in [2.45, 2.75) is 19.9 Å². The third-order valence-corrected chi connectivity index (χ3v) is 2.59. The van der Waals surface area contributed by atoms with Gasteiger partial charge in [0.25, 0.3) is 5.91 Å². The monoisotopic (exact) mass is 245 g/mol. The van der Waals surface area contributed by atoms with Crippen LogP contribution in [0.5, 0.6) is 0 Å². The van der Waals surface area contributed by atoms with Gasteiger partial charge >= 0.3 is 5.97 Å². The van der Waals surface area contributed by atoms with Crippen LogP contribution in [-0.2, 0) is 9.59 Å². The van der Waals surface area contributed by atoms with E-state index in [1.807, 2.05) is 18.2 Å². The molecule has 1 aromatic rings. The third-order valence-electron chi connectivity index (χ3n) is 2.59. The van der Waals surface area contributed by atoms with Gasteiger partial charge in [0.1, 0.15) is 0 Å². The minimum atomic E-state index is -0.946. The van der Waals surface area contributed by atoms with E-state index in [0.29, 0.717) is 0 Å². The Balaban J connectivity index is 2.58. The van der Waals surface area contributed by atoms with Crippen LogP contribution in [0, 0.1) is 17.8 Å². The minimum Gasteiger partial charge on any atom is -0.481 e. The fraction of sp³-hybridized carbons (Fsp3) is 0.286. The average molecular weight is 245 g/mol. The molecule has 0 radical (unpaired) electrons. The minimum absolute atomic E-state index is 0.458. The van der Waals surface area contributed by atoms with Gasteiger partial charge < -0.3 is 10.4 Å². The van der Waals surface area contributed by atoms with Gasteiger partial charge in [-0.3, -0.25) is 9.59 Å². The molecule has 1 rings (SSSR count).